The molecule has 1 fully saturated rings. The standard InChI is InChI=1S/C29H24F5N5O/c1-39-15-36-38-27(39)22-13-20(30)8-9-21(22)17-6-3-7-18(10-17)28-37-24-12-19(11-23(31)25(24)40-28)26(29(32,33)34)35-14-16-4-2-5-16/h3,6-13,15-16,26,35H,2,4-5,14H2,1H3. The average Bonchev–Trinajstić information content (AvgIpc) is 3.51. The van der Waals surface area contributed by atoms with Gasteiger partial charge in [-0.25, -0.2) is 13.8 Å². The molecule has 0 saturated heterocycles. The summed E-state index contributed by atoms with van der Waals surface area (Å²) in [5, 5.41) is 10.5. The molecule has 1 aliphatic carbocycles. The summed E-state index contributed by atoms with van der Waals surface area (Å²) < 4.78 is 78.3. The Bertz CT molecular complexity index is 1690. The van der Waals surface area contributed by atoms with Crippen molar-refractivity contribution in [2.75, 3.05) is 6.54 Å². The second kappa shape index (κ2) is 10.1. The van der Waals surface area contributed by atoms with E-state index in [2.05, 4.69) is 20.5 Å². The summed E-state index contributed by atoms with van der Waals surface area (Å²) in [5.74, 6) is -0.671. The molecule has 11 heteroatoms. The molecular weight excluding hydrogens is 529 g/mol. The van der Waals surface area contributed by atoms with E-state index < -0.39 is 23.9 Å². The number of fused-ring (bicyclic) bond motifs is 1. The summed E-state index contributed by atoms with van der Waals surface area (Å²) in [4.78, 5) is 4.34. The molecule has 5 aromatic rings. The van der Waals surface area contributed by atoms with E-state index in [1.807, 2.05) is 0 Å². The van der Waals surface area contributed by atoms with Crippen LogP contribution in [0.2, 0.25) is 0 Å². The molecule has 40 heavy (non-hydrogen) atoms. The van der Waals surface area contributed by atoms with Gasteiger partial charge in [-0.3, -0.25) is 0 Å². The van der Waals surface area contributed by atoms with Crippen LogP contribution >= 0.6 is 0 Å². The summed E-state index contributed by atoms with van der Waals surface area (Å²) in [6.07, 6.45) is -0.327. The van der Waals surface area contributed by atoms with Crippen molar-refractivity contribution in [3.63, 3.8) is 0 Å². The van der Waals surface area contributed by atoms with Crippen LogP contribution < -0.4 is 5.32 Å². The lowest BCUT2D eigenvalue weighted by molar-refractivity contribution is -0.158. The molecule has 2 heterocycles. The van der Waals surface area contributed by atoms with Crippen molar-refractivity contribution in [2.45, 2.75) is 31.5 Å². The van der Waals surface area contributed by atoms with Crippen molar-refractivity contribution >= 4 is 11.1 Å². The van der Waals surface area contributed by atoms with Crippen LogP contribution in [-0.4, -0.2) is 32.5 Å². The van der Waals surface area contributed by atoms with Crippen molar-refractivity contribution in [1.82, 2.24) is 25.1 Å². The van der Waals surface area contributed by atoms with E-state index in [0.717, 1.165) is 25.3 Å². The van der Waals surface area contributed by atoms with E-state index in [-0.39, 0.29) is 35.0 Å². The van der Waals surface area contributed by atoms with Crippen LogP contribution in [0.3, 0.4) is 0 Å². The fourth-order valence-corrected chi connectivity index (χ4v) is 5.01. The van der Waals surface area contributed by atoms with E-state index in [1.54, 1.807) is 41.9 Å². The molecule has 6 rings (SSSR count). The number of halogens is 5. The minimum Gasteiger partial charge on any atom is -0.433 e. The first-order valence-electron chi connectivity index (χ1n) is 12.8. The summed E-state index contributed by atoms with van der Waals surface area (Å²) in [6, 6.07) is 11.3. The van der Waals surface area contributed by atoms with Gasteiger partial charge >= 0.3 is 6.18 Å². The van der Waals surface area contributed by atoms with Gasteiger partial charge in [0.25, 0.3) is 0 Å². The van der Waals surface area contributed by atoms with Crippen LogP contribution in [-0.2, 0) is 7.05 Å². The average molecular weight is 554 g/mol. The Kier molecular flexibility index (Phi) is 6.61. The van der Waals surface area contributed by atoms with Crippen molar-refractivity contribution in [1.29, 1.82) is 0 Å². The number of alkyl halides is 3. The monoisotopic (exact) mass is 553 g/mol. The first-order chi connectivity index (χ1) is 19.2. The van der Waals surface area contributed by atoms with E-state index in [4.69, 9.17) is 4.42 Å². The highest BCUT2D eigenvalue weighted by molar-refractivity contribution is 5.83. The molecule has 6 nitrogen and oxygen atoms in total. The van der Waals surface area contributed by atoms with Gasteiger partial charge in [0.1, 0.15) is 23.7 Å². The molecule has 0 bridgehead atoms. The second-order valence-electron chi connectivity index (χ2n) is 10.1. The Hall–Kier alpha value is -4.12. The predicted molar refractivity (Wildman–Crippen MR) is 139 cm³/mol. The van der Waals surface area contributed by atoms with Crippen molar-refractivity contribution in [3.8, 4) is 34.0 Å². The quantitative estimate of drug-likeness (QED) is 0.216. The molecule has 3 aromatic carbocycles. The second-order valence-corrected chi connectivity index (χ2v) is 10.1. The van der Waals surface area contributed by atoms with Crippen LogP contribution in [0.4, 0.5) is 22.0 Å². The third-order valence-electron chi connectivity index (χ3n) is 7.32. The van der Waals surface area contributed by atoms with Gasteiger partial charge in [-0.2, -0.15) is 13.2 Å². The number of aryl methyl sites for hydroxylation is 1. The van der Waals surface area contributed by atoms with Gasteiger partial charge in [0.05, 0.1) is 0 Å². The highest BCUT2D eigenvalue weighted by Crippen LogP contribution is 2.38. The number of hydrogen-bond acceptors (Lipinski definition) is 5. The Balaban J connectivity index is 1.37. The third-order valence-corrected chi connectivity index (χ3v) is 7.32. The Labute approximate surface area is 225 Å². The number of hydrogen-bond donors (Lipinski definition) is 1. The molecule has 0 amide bonds. The number of nitrogens with one attached hydrogen (secondary N) is 1. The minimum atomic E-state index is -4.61. The molecule has 2 aromatic heterocycles. The summed E-state index contributed by atoms with van der Waals surface area (Å²) in [5.41, 5.74) is 1.81. The lowest BCUT2D eigenvalue weighted by Gasteiger charge is -2.29. The van der Waals surface area contributed by atoms with Crippen LogP contribution in [0.5, 0.6) is 0 Å². The minimum absolute atomic E-state index is 0.0170. The highest BCUT2D eigenvalue weighted by atomic mass is 19.4. The Morgan fingerprint density at radius 2 is 1.82 bits per heavy atom. The lowest BCUT2D eigenvalue weighted by Crippen LogP contribution is -2.38. The molecule has 1 aliphatic rings. The van der Waals surface area contributed by atoms with Gasteiger partial charge in [0, 0.05) is 18.2 Å². The predicted octanol–water partition coefficient (Wildman–Crippen LogP) is 7.23. The van der Waals surface area contributed by atoms with Crippen LogP contribution in [0.15, 0.2) is 65.3 Å². The molecule has 1 N–H and O–H groups in total. The van der Waals surface area contributed by atoms with Gasteiger partial charge in [0.2, 0.25) is 5.89 Å². The molecule has 1 atom stereocenters. The highest BCUT2D eigenvalue weighted by Gasteiger charge is 2.41. The summed E-state index contributed by atoms with van der Waals surface area (Å²) in [6.45, 7) is 0.209. The molecule has 1 saturated carbocycles. The zero-order chi connectivity index (χ0) is 28.0. The Morgan fingerprint density at radius 1 is 1.02 bits per heavy atom. The first kappa shape index (κ1) is 26.1. The summed E-state index contributed by atoms with van der Waals surface area (Å²) >= 11 is 0. The van der Waals surface area contributed by atoms with Crippen molar-refractivity contribution < 1.29 is 26.4 Å². The van der Waals surface area contributed by atoms with Crippen LogP contribution in [0.25, 0.3) is 45.1 Å². The zero-order valence-corrected chi connectivity index (χ0v) is 21.3. The first-order valence-corrected chi connectivity index (χ1v) is 12.8. The van der Waals surface area contributed by atoms with Gasteiger partial charge in [-0.05, 0) is 78.4 Å². The number of aromatic nitrogens is 4. The normalized spacial score (nSPS) is 14.9. The van der Waals surface area contributed by atoms with E-state index >= 15 is 4.39 Å². The summed E-state index contributed by atoms with van der Waals surface area (Å²) in [7, 11) is 1.74. The van der Waals surface area contributed by atoms with E-state index in [1.165, 1.54) is 24.5 Å². The number of rotatable bonds is 7. The largest absolute Gasteiger partial charge is 0.433 e. The maximum absolute atomic E-state index is 15.1. The van der Waals surface area contributed by atoms with Gasteiger partial charge < -0.3 is 14.3 Å². The maximum atomic E-state index is 15.1. The van der Waals surface area contributed by atoms with Gasteiger partial charge in [-0.1, -0.05) is 24.6 Å². The van der Waals surface area contributed by atoms with Gasteiger partial charge in [0.15, 0.2) is 17.2 Å². The molecule has 1 unspecified atom stereocenters. The molecular formula is C29H24F5N5O. The fourth-order valence-electron chi connectivity index (χ4n) is 5.01. The van der Waals surface area contributed by atoms with E-state index in [9.17, 15) is 17.6 Å². The molecule has 206 valence electrons. The van der Waals surface area contributed by atoms with Crippen LogP contribution in [0, 0.1) is 17.6 Å². The van der Waals surface area contributed by atoms with Gasteiger partial charge in [-0.15, -0.1) is 10.2 Å². The fraction of sp³-hybridized carbons (Fsp3) is 0.276. The van der Waals surface area contributed by atoms with Crippen LogP contribution in [0.1, 0.15) is 30.9 Å². The lowest BCUT2D eigenvalue weighted by atomic mass is 9.85. The molecule has 0 spiro atoms. The number of nitrogens with zero attached hydrogens (tertiary/aromatic N) is 4. The molecule has 0 aliphatic heterocycles. The third kappa shape index (κ3) is 4.97. The Morgan fingerprint density at radius 3 is 2.52 bits per heavy atom. The van der Waals surface area contributed by atoms with E-state index in [0.29, 0.717) is 28.1 Å². The SMILES string of the molecule is Cn1cnnc1-c1cc(F)ccc1-c1cccc(-c2nc3cc(C(NCC4CCC4)C(F)(F)F)cc(F)c3o2)c1. The number of oxazole rings is 1. The topological polar surface area (TPSA) is 68.8 Å². The van der Waals surface area contributed by atoms with Crippen molar-refractivity contribution in [2.24, 2.45) is 13.0 Å². The molecule has 0 radical (unpaired) electrons. The number of benzene rings is 3. The smallest absolute Gasteiger partial charge is 0.407 e. The zero-order valence-electron chi connectivity index (χ0n) is 21.3. The van der Waals surface area contributed by atoms with Crippen molar-refractivity contribution in [3.05, 3.63) is 78.1 Å². The maximum Gasteiger partial charge on any atom is 0.407 e.